The molecule has 0 fully saturated rings. The first-order valence-electron chi connectivity index (χ1n) is 10.5. The van der Waals surface area contributed by atoms with E-state index in [1.165, 1.54) is 0 Å². The zero-order valence-corrected chi connectivity index (χ0v) is 18.8. The summed E-state index contributed by atoms with van der Waals surface area (Å²) in [6.07, 6.45) is 0.872. The van der Waals surface area contributed by atoms with Gasteiger partial charge in [0.15, 0.2) is 0 Å². The third-order valence-corrected chi connectivity index (χ3v) is 5.20. The summed E-state index contributed by atoms with van der Waals surface area (Å²) in [5, 5.41) is 5.63. The van der Waals surface area contributed by atoms with E-state index in [1.807, 2.05) is 13.8 Å². The summed E-state index contributed by atoms with van der Waals surface area (Å²) < 4.78 is 11.1. The predicted molar refractivity (Wildman–Crippen MR) is 123 cm³/mol. The molecule has 3 rings (SSSR count). The zero-order chi connectivity index (χ0) is 22.6. The van der Waals surface area contributed by atoms with E-state index in [0.29, 0.717) is 47.6 Å². The summed E-state index contributed by atoms with van der Waals surface area (Å²) in [5.41, 5.74) is 1.27. The Morgan fingerprint density at radius 3 is 2.42 bits per heavy atom. The lowest BCUT2D eigenvalue weighted by Crippen LogP contribution is -2.42. The van der Waals surface area contributed by atoms with Crippen LogP contribution in [0.4, 0.5) is 21.9 Å². The first-order chi connectivity index (χ1) is 14.7. The molecule has 0 unspecified atom stereocenters. The number of anilines is 3. The van der Waals surface area contributed by atoms with Crippen molar-refractivity contribution in [1.29, 1.82) is 0 Å². The highest BCUT2D eigenvalue weighted by Gasteiger charge is 2.37. The van der Waals surface area contributed by atoms with Crippen LogP contribution in [0.25, 0.3) is 0 Å². The Morgan fingerprint density at radius 1 is 1.13 bits per heavy atom. The molecule has 3 amide bonds. The molecule has 0 atom stereocenters. The van der Waals surface area contributed by atoms with Gasteiger partial charge >= 0.3 is 6.03 Å². The molecule has 2 aromatic carbocycles. The van der Waals surface area contributed by atoms with Crippen LogP contribution in [0, 0.1) is 11.3 Å². The van der Waals surface area contributed by atoms with Gasteiger partial charge in [-0.05, 0) is 68.7 Å². The van der Waals surface area contributed by atoms with Crippen LogP contribution in [-0.2, 0) is 4.79 Å². The number of hydrogen-bond donors (Lipinski definition) is 2. The Hall–Kier alpha value is -3.22. The number of rotatable bonds is 6. The minimum Gasteiger partial charge on any atom is -0.497 e. The summed E-state index contributed by atoms with van der Waals surface area (Å²) in [6.45, 7) is 8.95. The van der Waals surface area contributed by atoms with Crippen molar-refractivity contribution in [2.24, 2.45) is 11.3 Å². The molecular weight excluding hydrogens is 394 g/mol. The van der Waals surface area contributed by atoms with Crippen molar-refractivity contribution in [1.82, 2.24) is 0 Å². The largest absolute Gasteiger partial charge is 0.497 e. The average Bonchev–Trinajstić information content (AvgIpc) is 2.81. The van der Waals surface area contributed by atoms with Gasteiger partial charge < -0.3 is 25.0 Å². The van der Waals surface area contributed by atoms with E-state index < -0.39 is 5.41 Å². The summed E-state index contributed by atoms with van der Waals surface area (Å²) >= 11 is 0. The van der Waals surface area contributed by atoms with Crippen molar-refractivity contribution in [2.75, 3.05) is 35.8 Å². The van der Waals surface area contributed by atoms with Gasteiger partial charge in [0.1, 0.15) is 18.1 Å². The second-order valence-corrected chi connectivity index (χ2v) is 8.80. The van der Waals surface area contributed by atoms with Crippen LogP contribution in [0.3, 0.4) is 0 Å². The first kappa shape index (κ1) is 22.5. The van der Waals surface area contributed by atoms with Crippen LogP contribution < -0.4 is 25.0 Å². The van der Waals surface area contributed by atoms with E-state index >= 15 is 0 Å². The molecule has 2 aromatic rings. The van der Waals surface area contributed by atoms with E-state index in [0.717, 1.165) is 6.42 Å². The Morgan fingerprint density at radius 2 is 1.77 bits per heavy atom. The lowest BCUT2D eigenvalue weighted by molar-refractivity contribution is -0.127. The summed E-state index contributed by atoms with van der Waals surface area (Å²) in [4.78, 5) is 27.5. The van der Waals surface area contributed by atoms with E-state index in [9.17, 15) is 9.59 Å². The van der Waals surface area contributed by atoms with Crippen LogP contribution in [0.1, 0.15) is 34.1 Å². The average molecular weight is 426 g/mol. The molecule has 31 heavy (non-hydrogen) atoms. The van der Waals surface area contributed by atoms with Crippen LogP contribution in [0.5, 0.6) is 11.5 Å². The molecular formula is C24H31N3O4. The molecule has 1 aliphatic rings. The predicted octanol–water partition coefficient (Wildman–Crippen LogP) is 5.14. The molecule has 166 valence electrons. The second-order valence-electron chi connectivity index (χ2n) is 8.80. The zero-order valence-electron chi connectivity index (χ0n) is 18.8. The fraction of sp³-hybridized carbons (Fsp3) is 0.417. The van der Waals surface area contributed by atoms with Crippen molar-refractivity contribution < 1.29 is 19.1 Å². The van der Waals surface area contributed by atoms with Gasteiger partial charge in [0.05, 0.1) is 18.2 Å². The Bertz CT molecular complexity index is 938. The van der Waals surface area contributed by atoms with Crippen LogP contribution in [-0.4, -0.2) is 32.2 Å². The molecule has 0 aromatic heterocycles. The molecule has 7 nitrogen and oxygen atoms in total. The van der Waals surface area contributed by atoms with Gasteiger partial charge in [-0.15, -0.1) is 0 Å². The van der Waals surface area contributed by atoms with Gasteiger partial charge in [0.2, 0.25) is 5.91 Å². The quantitative estimate of drug-likeness (QED) is 0.672. The molecule has 0 aliphatic carbocycles. The third kappa shape index (κ3) is 5.48. The maximum Gasteiger partial charge on any atom is 0.323 e. The highest BCUT2D eigenvalue weighted by Crippen LogP contribution is 2.38. The minimum absolute atomic E-state index is 0.0201. The number of methoxy groups -OCH3 is 1. The van der Waals surface area contributed by atoms with Gasteiger partial charge in [-0.25, -0.2) is 4.79 Å². The number of nitrogens with zero attached hydrogens (tertiary/aromatic N) is 1. The topological polar surface area (TPSA) is 79.9 Å². The fourth-order valence-corrected chi connectivity index (χ4v) is 3.30. The number of nitrogens with one attached hydrogen (secondary N) is 2. The number of amides is 3. The number of carbonyl (C=O) groups is 2. The van der Waals surface area contributed by atoms with Crippen LogP contribution in [0.2, 0.25) is 0 Å². The van der Waals surface area contributed by atoms with Crippen molar-refractivity contribution >= 4 is 29.0 Å². The smallest absolute Gasteiger partial charge is 0.323 e. The van der Waals surface area contributed by atoms with Gasteiger partial charge in [0.25, 0.3) is 0 Å². The monoisotopic (exact) mass is 425 g/mol. The SMILES string of the molecule is COc1ccc(NC(=O)Nc2ccc3c(c2)N(CCC(C)C)C(=O)C(C)(C)CO3)cc1. The number of urea groups is 1. The fourth-order valence-electron chi connectivity index (χ4n) is 3.30. The van der Waals surface area contributed by atoms with Crippen molar-refractivity contribution in [2.45, 2.75) is 34.1 Å². The van der Waals surface area contributed by atoms with E-state index in [1.54, 1.807) is 54.5 Å². The third-order valence-electron chi connectivity index (χ3n) is 5.20. The maximum atomic E-state index is 13.2. The molecule has 0 saturated heterocycles. The summed E-state index contributed by atoms with van der Waals surface area (Å²) in [6, 6.07) is 12.1. The molecule has 1 aliphatic heterocycles. The van der Waals surface area contributed by atoms with E-state index in [2.05, 4.69) is 24.5 Å². The lowest BCUT2D eigenvalue weighted by atomic mass is 9.92. The van der Waals surface area contributed by atoms with E-state index in [4.69, 9.17) is 9.47 Å². The van der Waals surface area contributed by atoms with Gasteiger partial charge in [-0.2, -0.15) is 0 Å². The Balaban J connectivity index is 1.80. The van der Waals surface area contributed by atoms with Gasteiger partial charge in [0, 0.05) is 17.9 Å². The Labute approximate surface area is 183 Å². The normalized spacial score (nSPS) is 15.0. The van der Waals surface area contributed by atoms with Crippen LogP contribution in [0.15, 0.2) is 42.5 Å². The van der Waals surface area contributed by atoms with Crippen molar-refractivity contribution in [3.05, 3.63) is 42.5 Å². The number of hydrogen-bond acceptors (Lipinski definition) is 4. The minimum atomic E-state index is -0.630. The van der Waals surface area contributed by atoms with Crippen molar-refractivity contribution in [3.63, 3.8) is 0 Å². The number of ether oxygens (including phenoxy) is 2. The molecule has 0 bridgehead atoms. The molecule has 0 radical (unpaired) electrons. The standard InChI is InChI=1S/C24H31N3O4/c1-16(2)12-13-27-20-14-18(8-11-21(20)31-15-24(3,4)22(27)28)26-23(29)25-17-6-9-19(30-5)10-7-17/h6-11,14,16H,12-13,15H2,1-5H3,(H2,25,26,29). The van der Waals surface area contributed by atoms with Crippen molar-refractivity contribution in [3.8, 4) is 11.5 Å². The highest BCUT2D eigenvalue weighted by molar-refractivity contribution is 6.02. The van der Waals surface area contributed by atoms with Gasteiger partial charge in [-0.3, -0.25) is 4.79 Å². The molecule has 2 N–H and O–H groups in total. The Kier molecular flexibility index (Phi) is 6.73. The molecule has 7 heteroatoms. The highest BCUT2D eigenvalue weighted by atomic mass is 16.5. The number of fused-ring (bicyclic) bond motifs is 1. The number of benzene rings is 2. The van der Waals surface area contributed by atoms with E-state index in [-0.39, 0.29) is 11.9 Å². The molecule has 0 spiro atoms. The second kappa shape index (κ2) is 9.29. The first-order valence-corrected chi connectivity index (χ1v) is 10.5. The summed E-state index contributed by atoms with van der Waals surface area (Å²) in [7, 11) is 1.59. The van der Waals surface area contributed by atoms with Crippen LogP contribution >= 0.6 is 0 Å². The molecule has 1 heterocycles. The number of carbonyl (C=O) groups excluding carboxylic acids is 2. The summed E-state index contributed by atoms with van der Waals surface area (Å²) in [5.74, 6) is 1.83. The van der Waals surface area contributed by atoms with Gasteiger partial charge in [-0.1, -0.05) is 13.8 Å². The lowest BCUT2D eigenvalue weighted by Gasteiger charge is -2.28. The molecule has 0 saturated carbocycles. The maximum absolute atomic E-state index is 13.2.